The molecule has 0 unspecified atom stereocenters. The molecule has 3 aromatic heterocycles. The van der Waals surface area contributed by atoms with Crippen molar-refractivity contribution in [3.8, 4) is 16.2 Å². The summed E-state index contributed by atoms with van der Waals surface area (Å²) in [6, 6.07) is 15.6. The van der Waals surface area contributed by atoms with Gasteiger partial charge in [-0.2, -0.15) is 0 Å². The number of pyridine rings is 2. The van der Waals surface area contributed by atoms with Gasteiger partial charge in [0.2, 0.25) is 17.7 Å². The van der Waals surface area contributed by atoms with E-state index in [2.05, 4.69) is 30.9 Å². The molecule has 2 aromatic carbocycles. The number of benzene rings is 2. The number of fused-ring (bicyclic) bond motifs is 1. The van der Waals surface area contributed by atoms with Crippen molar-refractivity contribution < 1.29 is 43.2 Å². The van der Waals surface area contributed by atoms with Crippen LogP contribution in [0.1, 0.15) is 57.0 Å². The third-order valence-corrected chi connectivity index (χ3v) is 11.8. The van der Waals surface area contributed by atoms with Crippen LogP contribution in [0.4, 0.5) is 11.5 Å². The smallest absolute Gasteiger partial charge is 0.246 e. The van der Waals surface area contributed by atoms with Crippen LogP contribution in [0, 0.1) is 19.3 Å². The quantitative estimate of drug-likeness (QED) is 0.0564. The maximum atomic E-state index is 14.0. The van der Waals surface area contributed by atoms with E-state index in [-0.39, 0.29) is 44.7 Å². The Balaban J connectivity index is 0.821. The number of aliphatic hydroxyl groups excluding tert-OH is 1. The van der Waals surface area contributed by atoms with E-state index in [1.165, 1.54) is 4.90 Å². The van der Waals surface area contributed by atoms with Gasteiger partial charge in [0.15, 0.2) is 0 Å². The topological polar surface area (TPSA) is 196 Å². The van der Waals surface area contributed by atoms with Gasteiger partial charge in [-0.15, -0.1) is 11.3 Å². The summed E-state index contributed by atoms with van der Waals surface area (Å²) in [6.45, 7) is 13.6. The average Bonchev–Trinajstić information content (AvgIpc) is 3.91. The van der Waals surface area contributed by atoms with E-state index in [0.717, 1.165) is 49.5 Å². The first kappa shape index (κ1) is 48.9. The van der Waals surface area contributed by atoms with Gasteiger partial charge < -0.3 is 49.6 Å². The van der Waals surface area contributed by atoms with Crippen LogP contribution >= 0.6 is 11.3 Å². The summed E-state index contributed by atoms with van der Waals surface area (Å²) in [6.07, 6.45) is 4.59. The van der Waals surface area contributed by atoms with Crippen molar-refractivity contribution in [2.45, 2.75) is 72.2 Å². The van der Waals surface area contributed by atoms with Crippen LogP contribution in [0.15, 0.2) is 78.7 Å². The molecule has 0 aliphatic carbocycles. The molecule has 0 spiro atoms. The molecule has 65 heavy (non-hydrogen) atoms. The van der Waals surface area contributed by atoms with E-state index < -0.39 is 35.4 Å². The molecular weight excluding hydrogens is 851 g/mol. The number of β-amino-alcohol motifs (C(OH)–C–C–N with tert-alkyl or cyclic N) is 1. The molecule has 17 heteroatoms. The molecule has 4 heterocycles. The van der Waals surface area contributed by atoms with Crippen molar-refractivity contribution >= 4 is 51.3 Å². The lowest BCUT2D eigenvalue weighted by Gasteiger charge is -2.35. The highest BCUT2D eigenvalue weighted by Gasteiger charge is 2.44. The summed E-state index contributed by atoms with van der Waals surface area (Å²) in [5.41, 5.74) is 5.86. The van der Waals surface area contributed by atoms with Gasteiger partial charge in [-0.25, -0.2) is 9.97 Å². The normalized spacial score (nSPS) is 16.0. The van der Waals surface area contributed by atoms with E-state index in [9.17, 15) is 19.5 Å². The van der Waals surface area contributed by atoms with Crippen LogP contribution < -0.4 is 20.7 Å². The van der Waals surface area contributed by atoms with Crippen LogP contribution in [0.5, 0.6) is 5.75 Å². The second kappa shape index (κ2) is 23.6. The number of aliphatic hydroxyl groups is 1. The Bertz CT molecular complexity index is 2340. The molecule has 4 atom stereocenters. The Kier molecular flexibility index (Phi) is 17.7. The molecule has 3 amide bonds. The van der Waals surface area contributed by atoms with E-state index in [4.69, 9.17) is 23.7 Å². The molecule has 16 nitrogen and oxygen atoms in total. The Labute approximate surface area is 384 Å². The standard InChI is InChI=1S/C48H61N7O9S/c1-31-26-50-42(53-38-12-11-37-27-49-14-13-36(37)23-38)25-41(31)64-22-21-62-18-17-60-15-16-61-19-20-63-29-43(57)54-45(48(4,5)6)47(59)55-28-39(56)24-40(55)46(58)52-32(2)34-7-9-35(10-8-34)44-33(3)51-30-65-44/h7-14,23,25-27,30,32,39-40,45,56H,15-22,24,28-29H2,1-6H3,(H,50,53)(H,52,58)(H,54,57)/t32-,39+,40-,45+/m0/s1. The molecule has 1 aliphatic rings. The van der Waals surface area contributed by atoms with Crippen molar-refractivity contribution in [1.29, 1.82) is 0 Å². The van der Waals surface area contributed by atoms with Crippen molar-refractivity contribution in [2.24, 2.45) is 5.41 Å². The van der Waals surface area contributed by atoms with Crippen LogP contribution in [-0.4, -0.2) is 127 Å². The first-order valence-corrected chi connectivity index (χ1v) is 22.7. The number of hydrogen-bond donors (Lipinski definition) is 4. The minimum absolute atomic E-state index is 0.0185. The van der Waals surface area contributed by atoms with E-state index in [1.807, 2.05) is 108 Å². The first-order chi connectivity index (χ1) is 31.3. The Morgan fingerprint density at radius 2 is 1.54 bits per heavy atom. The van der Waals surface area contributed by atoms with Crippen LogP contribution in [-0.2, 0) is 33.3 Å². The van der Waals surface area contributed by atoms with Gasteiger partial charge in [0.1, 0.15) is 36.9 Å². The van der Waals surface area contributed by atoms with Crippen molar-refractivity contribution in [3.05, 3.63) is 95.5 Å². The number of aryl methyl sites for hydroxylation is 2. The molecule has 348 valence electrons. The lowest BCUT2D eigenvalue weighted by atomic mass is 9.85. The predicted molar refractivity (Wildman–Crippen MR) is 249 cm³/mol. The number of likely N-dealkylation sites (tertiary alicyclic amines) is 1. The number of anilines is 2. The summed E-state index contributed by atoms with van der Waals surface area (Å²) in [4.78, 5) is 56.0. The third-order valence-electron chi connectivity index (χ3n) is 10.9. The number of hydrogen-bond acceptors (Lipinski definition) is 14. The Morgan fingerprint density at radius 1 is 0.846 bits per heavy atom. The number of carbonyl (C=O) groups is 3. The minimum Gasteiger partial charge on any atom is -0.491 e. The molecule has 0 bridgehead atoms. The zero-order chi connectivity index (χ0) is 46.3. The highest BCUT2D eigenvalue weighted by Crippen LogP contribution is 2.30. The fourth-order valence-corrected chi connectivity index (χ4v) is 8.10. The van der Waals surface area contributed by atoms with Gasteiger partial charge in [0.05, 0.1) is 74.5 Å². The summed E-state index contributed by atoms with van der Waals surface area (Å²) in [7, 11) is 0. The highest BCUT2D eigenvalue weighted by molar-refractivity contribution is 7.13. The second-order valence-electron chi connectivity index (χ2n) is 17.0. The highest BCUT2D eigenvalue weighted by atomic mass is 32.1. The fourth-order valence-electron chi connectivity index (χ4n) is 7.29. The van der Waals surface area contributed by atoms with Crippen LogP contribution in [0.25, 0.3) is 21.2 Å². The maximum Gasteiger partial charge on any atom is 0.246 e. The van der Waals surface area contributed by atoms with Crippen LogP contribution in [0.3, 0.4) is 0 Å². The number of thiazole rings is 1. The maximum absolute atomic E-state index is 14.0. The van der Waals surface area contributed by atoms with E-state index in [0.29, 0.717) is 45.5 Å². The molecule has 4 N–H and O–H groups in total. The predicted octanol–water partition coefficient (Wildman–Crippen LogP) is 5.93. The first-order valence-electron chi connectivity index (χ1n) is 21.9. The number of amides is 3. The van der Waals surface area contributed by atoms with Crippen LogP contribution in [0.2, 0.25) is 0 Å². The Morgan fingerprint density at radius 3 is 2.22 bits per heavy atom. The van der Waals surface area contributed by atoms with E-state index in [1.54, 1.807) is 23.7 Å². The SMILES string of the molecule is Cc1cnc(Nc2ccc3cnccc3c2)cc1OCCOCCOCCOCCOCC(=O)N[C@H](C(=O)N1C[C@H](O)C[C@H]1C(=O)N[C@@H](C)c1ccc(-c2scnc2C)cc1)C(C)(C)C. The number of aromatic nitrogens is 3. The second-order valence-corrected chi connectivity index (χ2v) is 17.9. The van der Waals surface area contributed by atoms with Gasteiger partial charge in [-0.1, -0.05) is 51.1 Å². The van der Waals surface area contributed by atoms with E-state index >= 15 is 0 Å². The van der Waals surface area contributed by atoms with Gasteiger partial charge >= 0.3 is 0 Å². The summed E-state index contributed by atoms with van der Waals surface area (Å²) in [5.74, 6) is 0.104. The van der Waals surface area contributed by atoms with Gasteiger partial charge in [-0.05, 0) is 60.9 Å². The largest absolute Gasteiger partial charge is 0.491 e. The average molecular weight is 912 g/mol. The third kappa shape index (κ3) is 14.2. The van der Waals surface area contributed by atoms with Crippen molar-refractivity contribution in [1.82, 2.24) is 30.5 Å². The number of nitrogens with one attached hydrogen (secondary N) is 3. The molecule has 1 saturated heterocycles. The number of carbonyl (C=O) groups excluding carboxylic acids is 3. The minimum atomic E-state index is -0.966. The molecule has 1 fully saturated rings. The number of nitrogens with zero attached hydrogens (tertiary/aromatic N) is 4. The van der Waals surface area contributed by atoms with Gasteiger partial charge in [0.25, 0.3) is 0 Å². The number of ether oxygens (including phenoxy) is 5. The summed E-state index contributed by atoms with van der Waals surface area (Å²) < 4.78 is 28.3. The molecule has 6 rings (SSSR count). The zero-order valence-electron chi connectivity index (χ0n) is 38.0. The molecule has 5 aromatic rings. The molecule has 0 radical (unpaired) electrons. The summed E-state index contributed by atoms with van der Waals surface area (Å²) >= 11 is 1.57. The Hall–Kier alpha value is -5.56. The fraction of sp³-hybridized carbons (Fsp3) is 0.458. The lowest BCUT2D eigenvalue weighted by molar-refractivity contribution is -0.144. The monoisotopic (exact) mass is 911 g/mol. The van der Waals surface area contributed by atoms with Crippen molar-refractivity contribution in [3.63, 3.8) is 0 Å². The molecule has 0 saturated carbocycles. The zero-order valence-corrected chi connectivity index (χ0v) is 38.8. The summed E-state index contributed by atoms with van der Waals surface area (Å²) in [5, 5.41) is 21.9. The van der Waals surface area contributed by atoms with Crippen molar-refractivity contribution in [2.75, 3.05) is 71.3 Å². The lowest BCUT2D eigenvalue weighted by Crippen LogP contribution is -2.58. The number of rotatable bonds is 23. The van der Waals surface area contributed by atoms with Gasteiger partial charge in [0, 0.05) is 54.3 Å². The van der Waals surface area contributed by atoms with Gasteiger partial charge in [-0.3, -0.25) is 19.4 Å². The molecule has 1 aliphatic heterocycles. The molecular formula is C48H61N7O9S.